The van der Waals surface area contributed by atoms with Gasteiger partial charge in [0.15, 0.2) is 9.47 Å². The molecule has 0 fully saturated rings. The monoisotopic (exact) mass is 462 g/mol. The summed E-state index contributed by atoms with van der Waals surface area (Å²) in [4.78, 5) is 31.8. The molecule has 2 aromatic heterocycles. The predicted molar refractivity (Wildman–Crippen MR) is 105 cm³/mol. The van der Waals surface area contributed by atoms with Crippen LogP contribution in [0.1, 0.15) is 12.6 Å². The third-order valence-electron chi connectivity index (χ3n) is 3.39. The van der Waals surface area contributed by atoms with E-state index >= 15 is 0 Å². The van der Waals surface area contributed by atoms with Gasteiger partial charge in [0.1, 0.15) is 5.75 Å². The maximum Gasteiger partial charge on any atom is 0.573 e. The molecule has 0 aliphatic carbocycles. The molecule has 0 radical (unpaired) electrons. The van der Waals surface area contributed by atoms with Crippen LogP contribution in [0.25, 0.3) is 10.2 Å². The molecule has 1 atom stereocenters. The lowest BCUT2D eigenvalue weighted by Crippen LogP contribution is -2.22. The lowest BCUT2D eigenvalue weighted by Gasteiger charge is -2.07. The highest BCUT2D eigenvalue weighted by atomic mass is 32.2. The van der Waals surface area contributed by atoms with Gasteiger partial charge in [-0.2, -0.15) is 0 Å². The number of thioether (sulfide) groups is 1. The van der Waals surface area contributed by atoms with Gasteiger partial charge in [-0.05, 0) is 19.1 Å². The van der Waals surface area contributed by atoms with E-state index < -0.39 is 17.5 Å². The summed E-state index contributed by atoms with van der Waals surface area (Å²) < 4.78 is 41.9. The Morgan fingerprint density at radius 3 is 2.79 bits per heavy atom. The lowest BCUT2D eigenvalue weighted by molar-refractivity contribution is -0.274. The largest absolute Gasteiger partial charge is 0.573 e. The Labute approximate surface area is 174 Å². The molecule has 2 heterocycles. The zero-order valence-electron chi connectivity index (χ0n) is 14.6. The van der Waals surface area contributed by atoms with E-state index in [0.29, 0.717) is 20.3 Å². The fourth-order valence-corrected chi connectivity index (χ4v) is 4.96. The number of primary amides is 1. The quantitative estimate of drug-likeness (QED) is 0.517. The van der Waals surface area contributed by atoms with Crippen molar-refractivity contribution in [3.05, 3.63) is 29.3 Å². The molecule has 0 saturated heterocycles. The number of nitrogens with one attached hydrogen (secondary N) is 1. The summed E-state index contributed by atoms with van der Waals surface area (Å²) in [5.41, 5.74) is 6.17. The van der Waals surface area contributed by atoms with Crippen LogP contribution in [0.4, 0.5) is 18.3 Å². The van der Waals surface area contributed by atoms with Crippen LogP contribution in [0, 0.1) is 0 Å². The van der Waals surface area contributed by atoms with Gasteiger partial charge in [0.05, 0.1) is 27.6 Å². The van der Waals surface area contributed by atoms with E-state index in [0.717, 1.165) is 17.4 Å². The van der Waals surface area contributed by atoms with Crippen LogP contribution in [0.2, 0.25) is 0 Å². The molecule has 3 aromatic rings. The van der Waals surface area contributed by atoms with Crippen molar-refractivity contribution in [1.82, 2.24) is 9.97 Å². The van der Waals surface area contributed by atoms with Crippen LogP contribution in [0.5, 0.6) is 5.75 Å². The number of rotatable bonds is 7. The SMILES string of the molecule is CC(Sc1nc(CC(=O)Nc2nc3ccc(OC(F)(F)F)cc3s2)cs1)C(N)=O. The number of fused-ring (bicyclic) bond motifs is 1. The number of aromatic nitrogens is 2. The van der Waals surface area contributed by atoms with Crippen molar-refractivity contribution >= 4 is 61.6 Å². The molecular weight excluding hydrogens is 449 g/mol. The third-order valence-corrected chi connectivity index (χ3v) is 6.46. The maximum atomic E-state index is 12.3. The number of nitrogens with zero attached hydrogens (tertiary/aromatic N) is 2. The van der Waals surface area contributed by atoms with Crippen LogP contribution >= 0.6 is 34.4 Å². The average molecular weight is 463 g/mol. The molecule has 3 rings (SSSR count). The number of ether oxygens (including phenoxy) is 1. The third kappa shape index (κ3) is 6.05. The van der Waals surface area contributed by atoms with Crippen molar-refractivity contribution in [3.8, 4) is 5.75 Å². The molecule has 0 bridgehead atoms. The number of carbonyl (C=O) groups excluding carboxylic acids is 2. The van der Waals surface area contributed by atoms with Gasteiger partial charge in [-0.15, -0.1) is 24.5 Å². The van der Waals surface area contributed by atoms with Gasteiger partial charge in [-0.1, -0.05) is 23.1 Å². The molecular formula is C16H13F3N4O3S3. The van der Waals surface area contributed by atoms with Crippen LogP contribution in [-0.2, 0) is 16.0 Å². The Hall–Kier alpha value is -2.38. The van der Waals surface area contributed by atoms with Crippen molar-refractivity contribution in [3.63, 3.8) is 0 Å². The molecule has 3 N–H and O–H groups in total. The fraction of sp³-hybridized carbons (Fsp3) is 0.250. The second-order valence-corrected chi connectivity index (χ2v) is 9.17. The minimum absolute atomic E-state index is 0.0135. The van der Waals surface area contributed by atoms with Crippen LogP contribution in [-0.4, -0.2) is 33.4 Å². The summed E-state index contributed by atoms with van der Waals surface area (Å²) in [7, 11) is 0. The van der Waals surface area contributed by atoms with Crippen LogP contribution in [0.3, 0.4) is 0 Å². The number of hydrogen-bond acceptors (Lipinski definition) is 8. The first-order valence-electron chi connectivity index (χ1n) is 7.95. The average Bonchev–Trinajstić information content (AvgIpc) is 3.18. The first kappa shape index (κ1) is 21.3. The molecule has 1 unspecified atom stereocenters. The zero-order chi connectivity index (χ0) is 21.2. The van der Waals surface area contributed by atoms with E-state index in [1.54, 1.807) is 12.3 Å². The minimum atomic E-state index is -4.78. The summed E-state index contributed by atoms with van der Waals surface area (Å²) in [6, 6.07) is 3.75. The second kappa shape index (κ2) is 8.55. The topological polar surface area (TPSA) is 107 Å². The number of benzene rings is 1. The summed E-state index contributed by atoms with van der Waals surface area (Å²) in [6.45, 7) is 1.67. The smallest absolute Gasteiger partial charge is 0.406 e. The van der Waals surface area contributed by atoms with Crippen molar-refractivity contribution in [1.29, 1.82) is 0 Å². The highest BCUT2D eigenvalue weighted by Crippen LogP contribution is 2.32. The molecule has 0 saturated carbocycles. The van der Waals surface area contributed by atoms with Crippen molar-refractivity contribution < 1.29 is 27.5 Å². The van der Waals surface area contributed by atoms with E-state index in [4.69, 9.17) is 5.73 Å². The molecule has 0 aliphatic rings. The van der Waals surface area contributed by atoms with Gasteiger partial charge in [0, 0.05) is 11.4 Å². The molecule has 2 amide bonds. The Morgan fingerprint density at radius 1 is 1.34 bits per heavy atom. The van der Waals surface area contributed by atoms with Gasteiger partial charge in [0.25, 0.3) is 0 Å². The van der Waals surface area contributed by atoms with E-state index in [9.17, 15) is 22.8 Å². The van der Waals surface area contributed by atoms with Crippen molar-refractivity contribution in [2.24, 2.45) is 5.73 Å². The van der Waals surface area contributed by atoms with Crippen molar-refractivity contribution in [2.45, 2.75) is 29.3 Å². The fourth-order valence-electron chi connectivity index (χ4n) is 2.12. The Kier molecular flexibility index (Phi) is 6.29. The maximum absolute atomic E-state index is 12.3. The summed E-state index contributed by atoms with van der Waals surface area (Å²) in [6.07, 6.45) is -4.80. The van der Waals surface area contributed by atoms with E-state index in [2.05, 4.69) is 20.0 Å². The molecule has 0 spiro atoms. The highest BCUT2D eigenvalue weighted by Gasteiger charge is 2.31. The first-order valence-corrected chi connectivity index (χ1v) is 10.5. The Morgan fingerprint density at radius 2 is 2.10 bits per heavy atom. The standard InChI is InChI=1S/C16H13F3N4O3S3/c1-7(13(20)25)28-15-21-8(6-27-15)4-12(24)23-14-22-10-3-2-9(5-11(10)29-14)26-16(17,18)19/h2-3,5-7H,4H2,1H3,(H2,20,25)(H,22,23,24). The molecule has 7 nitrogen and oxygen atoms in total. The zero-order valence-corrected chi connectivity index (χ0v) is 17.1. The number of carbonyl (C=O) groups is 2. The minimum Gasteiger partial charge on any atom is -0.406 e. The van der Waals surface area contributed by atoms with Gasteiger partial charge < -0.3 is 15.8 Å². The summed E-state index contributed by atoms with van der Waals surface area (Å²) in [5, 5.41) is 4.13. The Balaban J connectivity index is 1.62. The van der Waals surface area contributed by atoms with Crippen LogP contribution in [0.15, 0.2) is 27.9 Å². The summed E-state index contributed by atoms with van der Waals surface area (Å²) >= 11 is 3.54. The number of nitrogens with two attached hydrogens (primary N) is 1. The number of thiazole rings is 2. The molecule has 13 heteroatoms. The van der Waals surface area contributed by atoms with Crippen LogP contribution < -0.4 is 15.8 Å². The van der Waals surface area contributed by atoms with E-state index in [1.807, 2.05) is 0 Å². The van der Waals surface area contributed by atoms with Gasteiger partial charge in [-0.25, -0.2) is 9.97 Å². The number of halogens is 3. The molecule has 1 aromatic carbocycles. The second-order valence-electron chi connectivity index (χ2n) is 5.69. The Bertz CT molecular complexity index is 1050. The highest BCUT2D eigenvalue weighted by molar-refractivity contribution is 8.02. The first-order chi connectivity index (χ1) is 13.6. The normalized spacial score (nSPS) is 12.7. The van der Waals surface area contributed by atoms with E-state index in [1.165, 1.54) is 35.2 Å². The van der Waals surface area contributed by atoms with Gasteiger partial charge >= 0.3 is 6.36 Å². The molecule has 0 aliphatic heterocycles. The number of hydrogen-bond donors (Lipinski definition) is 2. The van der Waals surface area contributed by atoms with Crippen molar-refractivity contribution in [2.75, 3.05) is 5.32 Å². The number of alkyl halides is 3. The van der Waals surface area contributed by atoms with Gasteiger partial charge in [-0.3, -0.25) is 9.59 Å². The number of amides is 2. The van der Waals surface area contributed by atoms with Gasteiger partial charge in [0.2, 0.25) is 11.8 Å². The molecule has 154 valence electrons. The molecule has 29 heavy (non-hydrogen) atoms. The lowest BCUT2D eigenvalue weighted by atomic mass is 10.3. The predicted octanol–water partition coefficient (Wildman–Crippen LogP) is 3.80. The number of anilines is 1. The summed E-state index contributed by atoms with van der Waals surface area (Å²) in [5.74, 6) is -1.19. The van der Waals surface area contributed by atoms with E-state index in [-0.39, 0.29) is 23.2 Å².